The lowest BCUT2D eigenvalue weighted by Gasteiger charge is -2.42. The third-order valence-corrected chi connectivity index (χ3v) is 3.56. The Morgan fingerprint density at radius 3 is 2.47 bits per heavy atom. The van der Waals surface area contributed by atoms with Gasteiger partial charge in [-0.1, -0.05) is 6.42 Å². The van der Waals surface area contributed by atoms with Crippen LogP contribution >= 0.6 is 0 Å². The number of carboxylic acid groups (broad SMARTS) is 1. The molecule has 1 rings (SSSR count). The molecule has 0 unspecified atom stereocenters. The van der Waals surface area contributed by atoms with E-state index in [-0.39, 0.29) is 24.3 Å². The number of carbonyl (C=O) groups is 2. The molecule has 17 heavy (non-hydrogen) atoms. The van der Waals surface area contributed by atoms with E-state index in [0.717, 1.165) is 25.7 Å². The summed E-state index contributed by atoms with van der Waals surface area (Å²) < 4.78 is 5.04. The van der Waals surface area contributed by atoms with Crippen LogP contribution in [0.4, 0.5) is 0 Å². The van der Waals surface area contributed by atoms with Crippen molar-refractivity contribution in [1.82, 2.24) is 4.90 Å². The van der Waals surface area contributed by atoms with Gasteiger partial charge in [-0.15, -0.1) is 0 Å². The van der Waals surface area contributed by atoms with Crippen LogP contribution < -0.4 is 0 Å². The van der Waals surface area contributed by atoms with Gasteiger partial charge in [0.2, 0.25) is 5.91 Å². The van der Waals surface area contributed by atoms with Crippen LogP contribution in [0, 0.1) is 5.41 Å². The Hall–Kier alpha value is -1.10. The van der Waals surface area contributed by atoms with Crippen LogP contribution in [-0.2, 0) is 14.3 Å². The third-order valence-electron chi connectivity index (χ3n) is 3.56. The van der Waals surface area contributed by atoms with E-state index in [1.807, 2.05) is 0 Å². The topological polar surface area (TPSA) is 66.8 Å². The largest absolute Gasteiger partial charge is 0.481 e. The van der Waals surface area contributed by atoms with Gasteiger partial charge in [-0.2, -0.15) is 0 Å². The second-order valence-corrected chi connectivity index (χ2v) is 4.75. The van der Waals surface area contributed by atoms with E-state index >= 15 is 0 Å². The first-order valence-corrected chi connectivity index (χ1v) is 5.98. The van der Waals surface area contributed by atoms with E-state index < -0.39 is 5.97 Å². The molecule has 0 aromatic carbocycles. The van der Waals surface area contributed by atoms with Crippen molar-refractivity contribution in [3.05, 3.63) is 0 Å². The van der Waals surface area contributed by atoms with Crippen molar-refractivity contribution in [2.75, 3.05) is 27.3 Å². The summed E-state index contributed by atoms with van der Waals surface area (Å²) in [6, 6.07) is 0. The highest BCUT2D eigenvalue weighted by molar-refractivity contribution is 5.83. The fourth-order valence-electron chi connectivity index (χ4n) is 2.24. The molecule has 0 spiro atoms. The van der Waals surface area contributed by atoms with Crippen molar-refractivity contribution in [1.29, 1.82) is 0 Å². The van der Waals surface area contributed by atoms with Crippen LogP contribution in [0.1, 0.15) is 32.1 Å². The number of carbonyl (C=O) groups excluding carboxylic acids is 1. The van der Waals surface area contributed by atoms with Gasteiger partial charge in [0, 0.05) is 27.3 Å². The summed E-state index contributed by atoms with van der Waals surface area (Å²) in [6.07, 6.45) is 3.60. The van der Waals surface area contributed by atoms with Crippen LogP contribution in [0.5, 0.6) is 0 Å². The molecular formula is C12H21NO4. The number of ether oxygens (including phenoxy) is 1. The summed E-state index contributed by atoms with van der Waals surface area (Å²) >= 11 is 0. The third kappa shape index (κ3) is 3.43. The van der Waals surface area contributed by atoms with Crippen molar-refractivity contribution >= 4 is 11.9 Å². The van der Waals surface area contributed by atoms with E-state index in [9.17, 15) is 9.59 Å². The number of hydrogen-bond donors (Lipinski definition) is 1. The second-order valence-electron chi connectivity index (χ2n) is 4.75. The molecule has 5 heteroatoms. The molecule has 0 aliphatic heterocycles. The van der Waals surface area contributed by atoms with Gasteiger partial charge in [0.05, 0.1) is 11.8 Å². The number of nitrogens with zero attached hydrogens (tertiary/aromatic N) is 1. The predicted octanol–water partition coefficient (Wildman–Crippen LogP) is 1.13. The fourth-order valence-corrected chi connectivity index (χ4v) is 2.24. The second kappa shape index (κ2) is 6.00. The predicted molar refractivity (Wildman–Crippen MR) is 62.7 cm³/mol. The number of hydrogen-bond acceptors (Lipinski definition) is 3. The molecule has 1 saturated carbocycles. The van der Waals surface area contributed by atoms with E-state index in [2.05, 4.69) is 0 Å². The van der Waals surface area contributed by atoms with Gasteiger partial charge in [-0.05, 0) is 19.3 Å². The SMILES string of the molecule is COCCC1(C(=O)N(C)CCC(=O)O)CCC1. The minimum absolute atomic E-state index is 0.00258. The molecule has 98 valence electrons. The summed E-state index contributed by atoms with van der Waals surface area (Å²) in [7, 11) is 3.31. The maximum absolute atomic E-state index is 12.2. The first-order chi connectivity index (χ1) is 8.02. The number of rotatable bonds is 7. The van der Waals surface area contributed by atoms with E-state index in [0.29, 0.717) is 6.61 Å². The Labute approximate surface area is 102 Å². The van der Waals surface area contributed by atoms with Crippen LogP contribution in [0.15, 0.2) is 0 Å². The summed E-state index contributed by atoms with van der Waals surface area (Å²) in [5.74, 6) is -0.800. The van der Waals surface area contributed by atoms with Crippen LogP contribution in [0.3, 0.4) is 0 Å². The van der Waals surface area contributed by atoms with Crippen molar-refractivity contribution < 1.29 is 19.4 Å². The van der Waals surface area contributed by atoms with Crippen LogP contribution in [0.2, 0.25) is 0 Å². The highest BCUT2D eigenvalue weighted by Gasteiger charge is 2.44. The molecule has 1 amide bonds. The Bertz CT molecular complexity index is 286. The van der Waals surface area contributed by atoms with E-state index in [1.165, 1.54) is 0 Å². The van der Waals surface area contributed by atoms with Crippen LogP contribution in [-0.4, -0.2) is 49.2 Å². The zero-order chi connectivity index (χ0) is 12.9. The fraction of sp³-hybridized carbons (Fsp3) is 0.833. The lowest BCUT2D eigenvalue weighted by molar-refractivity contribution is -0.148. The molecule has 0 radical (unpaired) electrons. The van der Waals surface area contributed by atoms with Gasteiger partial charge < -0.3 is 14.7 Å². The highest BCUT2D eigenvalue weighted by atomic mass is 16.5. The average Bonchev–Trinajstić information content (AvgIpc) is 2.24. The van der Waals surface area contributed by atoms with E-state index in [4.69, 9.17) is 9.84 Å². The summed E-state index contributed by atoms with van der Waals surface area (Å²) in [4.78, 5) is 24.3. The van der Waals surface area contributed by atoms with Crippen molar-refractivity contribution in [2.45, 2.75) is 32.1 Å². The quantitative estimate of drug-likeness (QED) is 0.727. The van der Waals surface area contributed by atoms with E-state index in [1.54, 1.807) is 19.1 Å². The first kappa shape index (κ1) is 14.0. The molecule has 0 aromatic rings. The minimum Gasteiger partial charge on any atom is -0.481 e. The van der Waals surface area contributed by atoms with Crippen molar-refractivity contribution in [3.8, 4) is 0 Å². The smallest absolute Gasteiger partial charge is 0.305 e. The van der Waals surface area contributed by atoms with Gasteiger partial charge in [-0.3, -0.25) is 9.59 Å². The molecule has 1 aliphatic rings. The highest BCUT2D eigenvalue weighted by Crippen LogP contribution is 2.45. The molecule has 0 saturated heterocycles. The molecule has 0 heterocycles. The van der Waals surface area contributed by atoms with Gasteiger partial charge in [0.1, 0.15) is 0 Å². The normalized spacial score (nSPS) is 17.3. The summed E-state index contributed by atoms with van der Waals surface area (Å²) in [5.41, 5.74) is -0.288. The van der Waals surface area contributed by atoms with Gasteiger partial charge in [0.15, 0.2) is 0 Å². The Kier molecular flexibility index (Phi) is 4.93. The van der Waals surface area contributed by atoms with Gasteiger partial charge >= 0.3 is 5.97 Å². The molecule has 1 aliphatic carbocycles. The van der Waals surface area contributed by atoms with Crippen LogP contribution in [0.25, 0.3) is 0 Å². The number of carboxylic acids is 1. The maximum atomic E-state index is 12.2. The molecule has 0 aromatic heterocycles. The Morgan fingerprint density at radius 2 is 2.06 bits per heavy atom. The van der Waals surface area contributed by atoms with Gasteiger partial charge in [-0.25, -0.2) is 0 Å². The van der Waals surface area contributed by atoms with Gasteiger partial charge in [0.25, 0.3) is 0 Å². The molecule has 1 fully saturated rings. The lowest BCUT2D eigenvalue weighted by Crippen LogP contribution is -2.47. The zero-order valence-electron chi connectivity index (χ0n) is 10.6. The first-order valence-electron chi connectivity index (χ1n) is 5.98. The molecule has 5 nitrogen and oxygen atoms in total. The average molecular weight is 243 g/mol. The van der Waals surface area contributed by atoms with Crippen molar-refractivity contribution in [3.63, 3.8) is 0 Å². The Balaban J connectivity index is 2.50. The number of aliphatic carboxylic acids is 1. The lowest BCUT2D eigenvalue weighted by atomic mass is 9.66. The molecule has 0 bridgehead atoms. The molecular weight excluding hydrogens is 222 g/mol. The summed E-state index contributed by atoms with van der Waals surface area (Å²) in [5, 5.41) is 8.60. The minimum atomic E-state index is -0.871. The number of methoxy groups -OCH3 is 1. The monoisotopic (exact) mass is 243 g/mol. The molecule has 1 N–H and O–H groups in total. The standard InChI is InChI=1S/C12H21NO4/c1-13(8-4-10(14)15)11(16)12(5-3-6-12)7-9-17-2/h3-9H2,1-2H3,(H,14,15). The maximum Gasteiger partial charge on any atom is 0.305 e. The molecule has 0 atom stereocenters. The van der Waals surface area contributed by atoms with Crippen molar-refractivity contribution in [2.24, 2.45) is 5.41 Å². The summed E-state index contributed by atoms with van der Waals surface area (Å²) in [6.45, 7) is 0.863. The zero-order valence-corrected chi connectivity index (χ0v) is 10.6. The number of amides is 1. The Morgan fingerprint density at radius 1 is 1.41 bits per heavy atom.